The fourth-order valence-electron chi connectivity index (χ4n) is 1.97. The predicted molar refractivity (Wildman–Crippen MR) is 56.6 cm³/mol. The molecule has 0 spiro atoms. The summed E-state index contributed by atoms with van der Waals surface area (Å²) in [7, 11) is 4.29. The summed E-state index contributed by atoms with van der Waals surface area (Å²) in [6.45, 7) is 5.69. The smallest absolute Gasteiger partial charge is 0.0370 e. The molecule has 0 aromatic rings. The number of unbranched alkanes of at least 4 members (excludes halogenated alkanes) is 1. The Labute approximate surface area is 82.1 Å². The molecule has 1 fully saturated rings. The third kappa shape index (κ3) is 3.25. The van der Waals surface area contributed by atoms with Gasteiger partial charge in [0.2, 0.25) is 0 Å². The van der Waals surface area contributed by atoms with E-state index in [1.54, 1.807) is 0 Å². The maximum atomic E-state index is 3.46. The number of hydrogen-bond acceptors (Lipinski definition) is 3. The Morgan fingerprint density at radius 1 is 1.46 bits per heavy atom. The lowest BCUT2D eigenvalue weighted by Crippen LogP contribution is -2.56. The minimum atomic E-state index is 0.712. The molecular formula is C10H23N3. The third-order valence-corrected chi connectivity index (χ3v) is 2.72. The van der Waals surface area contributed by atoms with Crippen LogP contribution in [-0.4, -0.2) is 49.8 Å². The van der Waals surface area contributed by atoms with Crippen LogP contribution in [0, 0.1) is 0 Å². The molecule has 1 unspecified atom stereocenters. The molecule has 1 aliphatic heterocycles. The van der Waals surface area contributed by atoms with Crippen LogP contribution in [0.4, 0.5) is 0 Å². The molecule has 1 N–H and O–H groups in total. The van der Waals surface area contributed by atoms with Crippen molar-refractivity contribution >= 4 is 0 Å². The van der Waals surface area contributed by atoms with Gasteiger partial charge in [-0.25, -0.2) is 10.0 Å². The van der Waals surface area contributed by atoms with Crippen LogP contribution in [0.1, 0.15) is 26.2 Å². The van der Waals surface area contributed by atoms with Crippen molar-refractivity contribution in [1.29, 1.82) is 0 Å². The van der Waals surface area contributed by atoms with Crippen molar-refractivity contribution in [3.8, 4) is 0 Å². The summed E-state index contributed by atoms with van der Waals surface area (Å²) < 4.78 is 0. The first kappa shape index (κ1) is 11.0. The molecule has 0 bridgehead atoms. The Balaban J connectivity index is 2.37. The van der Waals surface area contributed by atoms with Crippen molar-refractivity contribution in [1.82, 2.24) is 15.3 Å². The summed E-state index contributed by atoms with van der Waals surface area (Å²) in [5.41, 5.74) is 0. The molecule has 1 atom stereocenters. The zero-order valence-corrected chi connectivity index (χ0v) is 9.21. The summed E-state index contributed by atoms with van der Waals surface area (Å²) >= 11 is 0. The highest BCUT2D eigenvalue weighted by molar-refractivity contribution is 4.76. The standard InChI is InChI=1S/C10H23N3/c1-4-5-6-10-9-11-7-8-13(10)12(2)3/h10-11H,4-9H2,1-3H3. The molecule has 1 rings (SSSR count). The van der Waals surface area contributed by atoms with Gasteiger partial charge in [-0.3, -0.25) is 0 Å². The number of nitrogens with one attached hydrogen (secondary N) is 1. The molecule has 0 saturated carbocycles. The quantitative estimate of drug-likeness (QED) is 0.703. The van der Waals surface area contributed by atoms with Gasteiger partial charge in [0.25, 0.3) is 0 Å². The summed E-state index contributed by atoms with van der Waals surface area (Å²) in [6.07, 6.45) is 3.97. The Morgan fingerprint density at radius 3 is 2.85 bits per heavy atom. The van der Waals surface area contributed by atoms with E-state index in [0.717, 1.165) is 19.6 Å². The fraction of sp³-hybridized carbons (Fsp3) is 1.00. The molecule has 1 heterocycles. The van der Waals surface area contributed by atoms with Crippen LogP contribution in [0.5, 0.6) is 0 Å². The molecule has 1 aliphatic rings. The fourth-order valence-corrected chi connectivity index (χ4v) is 1.97. The molecule has 0 aliphatic carbocycles. The van der Waals surface area contributed by atoms with Gasteiger partial charge in [-0.05, 0) is 6.42 Å². The highest BCUT2D eigenvalue weighted by atomic mass is 15.6. The number of nitrogens with zero attached hydrogens (tertiary/aromatic N) is 2. The van der Waals surface area contributed by atoms with Crippen LogP contribution < -0.4 is 5.32 Å². The Morgan fingerprint density at radius 2 is 2.23 bits per heavy atom. The summed E-state index contributed by atoms with van der Waals surface area (Å²) in [6, 6.07) is 0.712. The van der Waals surface area contributed by atoms with Gasteiger partial charge in [0.15, 0.2) is 0 Å². The molecule has 0 radical (unpaired) electrons. The number of hydrazine groups is 1. The van der Waals surface area contributed by atoms with E-state index < -0.39 is 0 Å². The SMILES string of the molecule is CCCCC1CNCCN1N(C)C. The van der Waals surface area contributed by atoms with Crippen molar-refractivity contribution in [2.24, 2.45) is 0 Å². The van der Waals surface area contributed by atoms with Crippen molar-refractivity contribution in [2.45, 2.75) is 32.2 Å². The van der Waals surface area contributed by atoms with E-state index in [1.165, 1.54) is 19.3 Å². The largest absolute Gasteiger partial charge is 0.314 e. The van der Waals surface area contributed by atoms with Crippen LogP contribution in [0.25, 0.3) is 0 Å². The minimum Gasteiger partial charge on any atom is -0.314 e. The average Bonchev–Trinajstić information content (AvgIpc) is 2.15. The van der Waals surface area contributed by atoms with Crippen LogP contribution in [0.3, 0.4) is 0 Å². The summed E-state index contributed by atoms with van der Waals surface area (Å²) in [5, 5.41) is 8.18. The van der Waals surface area contributed by atoms with Crippen molar-refractivity contribution in [3.63, 3.8) is 0 Å². The van der Waals surface area contributed by atoms with Gasteiger partial charge in [-0.15, -0.1) is 0 Å². The summed E-state index contributed by atoms with van der Waals surface area (Å²) in [4.78, 5) is 0. The lowest BCUT2D eigenvalue weighted by atomic mass is 10.1. The van der Waals surface area contributed by atoms with Crippen LogP contribution in [0.15, 0.2) is 0 Å². The first-order valence-electron chi connectivity index (χ1n) is 5.40. The molecule has 0 amide bonds. The normalized spacial score (nSPS) is 25.4. The zero-order chi connectivity index (χ0) is 9.68. The maximum absolute atomic E-state index is 3.46. The molecule has 78 valence electrons. The average molecular weight is 185 g/mol. The van der Waals surface area contributed by atoms with Gasteiger partial charge < -0.3 is 5.32 Å². The van der Waals surface area contributed by atoms with Crippen molar-refractivity contribution in [2.75, 3.05) is 33.7 Å². The van der Waals surface area contributed by atoms with Crippen molar-refractivity contribution in [3.05, 3.63) is 0 Å². The highest BCUT2D eigenvalue weighted by Gasteiger charge is 2.22. The topological polar surface area (TPSA) is 18.5 Å². The van der Waals surface area contributed by atoms with Gasteiger partial charge >= 0.3 is 0 Å². The van der Waals surface area contributed by atoms with Crippen LogP contribution in [0.2, 0.25) is 0 Å². The molecular weight excluding hydrogens is 162 g/mol. The Bertz CT molecular complexity index is 136. The molecule has 3 heteroatoms. The van der Waals surface area contributed by atoms with Gasteiger partial charge in [-0.2, -0.15) is 0 Å². The highest BCUT2D eigenvalue weighted by Crippen LogP contribution is 2.11. The number of piperazine rings is 1. The van der Waals surface area contributed by atoms with Crippen LogP contribution >= 0.6 is 0 Å². The zero-order valence-electron chi connectivity index (χ0n) is 9.21. The minimum absolute atomic E-state index is 0.712. The van der Waals surface area contributed by atoms with Gasteiger partial charge in [0, 0.05) is 39.8 Å². The van der Waals surface area contributed by atoms with E-state index in [1.807, 2.05) is 0 Å². The van der Waals surface area contributed by atoms with Gasteiger partial charge in [-0.1, -0.05) is 19.8 Å². The van der Waals surface area contributed by atoms with Gasteiger partial charge in [0.1, 0.15) is 0 Å². The monoisotopic (exact) mass is 185 g/mol. The molecule has 0 aromatic heterocycles. The van der Waals surface area contributed by atoms with Crippen molar-refractivity contribution < 1.29 is 0 Å². The second-order valence-electron chi connectivity index (χ2n) is 4.01. The molecule has 3 nitrogen and oxygen atoms in total. The van der Waals surface area contributed by atoms with E-state index in [9.17, 15) is 0 Å². The maximum Gasteiger partial charge on any atom is 0.0370 e. The third-order valence-electron chi connectivity index (χ3n) is 2.72. The second-order valence-corrected chi connectivity index (χ2v) is 4.01. The van der Waals surface area contributed by atoms with E-state index in [-0.39, 0.29) is 0 Å². The lowest BCUT2D eigenvalue weighted by molar-refractivity contribution is -0.0354. The summed E-state index contributed by atoms with van der Waals surface area (Å²) in [5.74, 6) is 0. The van der Waals surface area contributed by atoms with E-state index in [2.05, 4.69) is 36.4 Å². The molecule has 1 saturated heterocycles. The molecule has 13 heavy (non-hydrogen) atoms. The van der Waals surface area contributed by atoms with E-state index >= 15 is 0 Å². The van der Waals surface area contributed by atoms with Crippen LogP contribution in [-0.2, 0) is 0 Å². The first-order chi connectivity index (χ1) is 6.25. The number of hydrogen-bond donors (Lipinski definition) is 1. The van der Waals surface area contributed by atoms with E-state index in [4.69, 9.17) is 0 Å². The molecule has 0 aromatic carbocycles. The first-order valence-corrected chi connectivity index (χ1v) is 5.40. The Kier molecular flexibility index (Phi) is 4.70. The second kappa shape index (κ2) is 5.58. The van der Waals surface area contributed by atoms with Gasteiger partial charge in [0.05, 0.1) is 0 Å². The lowest BCUT2D eigenvalue weighted by Gasteiger charge is -2.40. The number of rotatable bonds is 4. The Hall–Kier alpha value is -0.120. The van der Waals surface area contributed by atoms with E-state index in [0.29, 0.717) is 6.04 Å². The predicted octanol–water partition coefficient (Wildman–Crippen LogP) is 0.927.